The lowest BCUT2D eigenvalue weighted by Gasteiger charge is -2.02. The number of nitrogen functional groups attached to an aromatic ring is 1. The fourth-order valence-electron chi connectivity index (χ4n) is 0.692. The summed E-state index contributed by atoms with van der Waals surface area (Å²) in [6.45, 7) is 1.77. The lowest BCUT2D eigenvalue weighted by atomic mass is 10.2. The zero-order valence-corrected chi connectivity index (χ0v) is 6.31. The molecule has 1 rings (SSSR count). The number of halogens is 1. The topological polar surface area (TPSA) is 46.2 Å². The van der Waals surface area contributed by atoms with E-state index in [1.54, 1.807) is 19.1 Å². The normalized spacial score (nSPS) is 9.80. The molecule has 0 unspecified atom stereocenters. The number of anilines is 1. The Morgan fingerprint density at radius 3 is 2.60 bits per heavy atom. The predicted octanol–water partition coefficient (Wildman–Crippen LogP) is 1.94. The molecule has 0 heterocycles. The second-order valence-corrected chi connectivity index (χ2v) is 2.53. The van der Waals surface area contributed by atoms with E-state index in [0.29, 0.717) is 5.02 Å². The van der Waals surface area contributed by atoms with Crippen LogP contribution in [-0.4, -0.2) is 5.11 Å². The van der Waals surface area contributed by atoms with Crippen molar-refractivity contribution >= 4 is 17.3 Å². The number of aryl methyl sites for hydroxylation is 1. The van der Waals surface area contributed by atoms with Crippen molar-refractivity contribution in [2.75, 3.05) is 5.73 Å². The van der Waals surface area contributed by atoms with Crippen LogP contribution in [-0.2, 0) is 0 Å². The van der Waals surface area contributed by atoms with E-state index in [1.807, 2.05) is 0 Å². The molecule has 0 amide bonds. The minimum atomic E-state index is 0.0764. The van der Waals surface area contributed by atoms with E-state index in [9.17, 15) is 5.11 Å². The van der Waals surface area contributed by atoms with Gasteiger partial charge in [0.1, 0.15) is 5.75 Å². The summed E-state index contributed by atoms with van der Waals surface area (Å²) in [7, 11) is 0. The lowest BCUT2D eigenvalue weighted by molar-refractivity contribution is 0.474. The first-order valence-electron chi connectivity index (χ1n) is 2.86. The van der Waals surface area contributed by atoms with Crippen LogP contribution in [0.15, 0.2) is 12.1 Å². The number of aromatic hydroxyl groups is 1. The molecule has 0 aliphatic carbocycles. The van der Waals surface area contributed by atoms with Gasteiger partial charge in [0.15, 0.2) is 0 Å². The number of rotatable bonds is 0. The third kappa shape index (κ3) is 1.02. The van der Waals surface area contributed by atoms with Crippen molar-refractivity contribution in [1.29, 1.82) is 0 Å². The Morgan fingerprint density at radius 2 is 2.10 bits per heavy atom. The van der Waals surface area contributed by atoms with Gasteiger partial charge in [0, 0.05) is 0 Å². The first kappa shape index (κ1) is 7.22. The molecule has 0 atom stereocenters. The zero-order chi connectivity index (χ0) is 7.72. The second-order valence-electron chi connectivity index (χ2n) is 2.13. The van der Waals surface area contributed by atoms with Crippen LogP contribution in [0.3, 0.4) is 0 Å². The zero-order valence-electron chi connectivity index (χ0n) is 5.56. The molecule has 0 saturated carbocycles. The van der Waals surface area contributed by atoms with Crippen molar-refractivity contribution in [1.82, 2.24) is 0 Å². The number of phenolic OH excluding ortho intramolecular Hbond substituents is 1. The molecule has 3 heteroatoms. The molecule has 1 aromatic carbocycles. The van der Waals surface area contributed by atoms with Crippen molar-refractivity contribution in [3.8, 4) is 5.75 Å². The molecule has 0 radical (unpaired) electrons. The second kappa shape index (κ2) is 2.39. The Kier molecular flexibility index (Phi) is 1.72. The standard InChI is InChI=1S/C7H8ClNO/c1-4-2-3-5(8)6(9)7(4)10/h2-3,10H,9H2,1H3. The number of nitrogens with two attached hydrogens (primary N) is 1. The van der Waals surface area contributed by atoms with Crippen molar-refractivity contribution in [2.24, 2.45) is 0 Å². The molecule has 0 spiro atoms. The largest absolute Gasteiger partial charge is 0.505 e. The first-order valence-corrected chi connectivity index (χ1v) is 3.24. The van der Waals surface area contributed by atoms with Gasteiger partial charge in [-0.2, -0.15) is 0 Å². The SMILES string of the molecule is Cc1ccc(Cl)c(N)c1O. The van der Waals surface area contributed by atoms with Crippen LogP contribution in [0.25, 0.3) is 0 Å². The van der Waals surface area contributed by atoms with Gasteiger partial charge in [0.05, 0.1) is 10.7 Å². The van der Waals surface area contributed by atoms with Crippen molar-refractivity contribution in [3.63, 3.8) is 0 Å². The third-order valence-electron chi connectivity index (χ3n) is 1.37. The molecule has 0 aromatic heterocycles. The third-order valence-corrected chi connectivity index (χ3v) is 1.70. The maximum Gasteiger partial charge on any atom is 0.142 e. The molecule has 2 nitrogen and oxygen atoms in total. The van der Waals surface area contributed by atoms with Crippen LogP contribution in [0.2, 0.25) is 5.02 Å². The van der Waals surface area contributed by atoms with E-state index in [4.69, 9.17) is 17.3 Å². The van der Waals surface area contributed by atoms with E-state index in [0.717, 1.165) is 5.56 Å². The fraction of sp³-hybridized carbons (Fsp3) is 0.143. The summed E-state index contributed by atoms with van der Waals surface area (Å²) >= 11 is 5.60. The van der Waals surface area contributed by atoms with Crippen molar-refractivity contribution in [2.45, 2.75) is 6.92 Å². The van der Waals surface area contributed by atoms with Gasteiger partial charge in [0.2, 0.25) is 0 Å². The van der Waals surface area contributed by atoms with Gasteiger partial charge < -0.3 is 10.8 Å². The molecule has 3 N–H and O–H groups in total. The van der Waals surface area contributed by atoms with Crippen molar-refractivity contribution in [3.05, 3.63) is 22.7 Å². The average molecular weight is 158 g/mol. The highest BCUT2D eigenvalue weighted by Gasteiger charge is 2.03. The minimum absolute atomic E-state index is 0.0764. The van der Waals surface area contributed by atoms with Crippen molar-refractivity contribution < 1.29 is 5.11 Å². The summed E-state index contributed by atoms with van der Waals surface area (Å²) in [5.41, 5.74) is 6.39. The molecule has 10 heavy (non-hydrogen) atoms. The maximum absolute atomic E-state index is 9.18. The van der Waals surface area contributed by atoms with Gasteiger partial charge in [0.25, 0.3) is 0 Å². The summed E-state index contributed by atoms with van der Waals surface area (Å²) in [5.74, 6) is 0.0764. The summed E-state index contributed by atoms with van der Waals surface area (Å²) in [4.78, 5) is 0. The molecule has 0 saturated heterocycles. The molecule has 54 valence electrons. The van der Waals surface area contributed by atoms with Crippen LogP contribution in [0.5, 0.6) is 5.75 Å². The van der Waals surface area contributed by atoms with Crippen LogP contribution < -0.4 is 5.73 Å². The van der Waals surface area contributed by atoms with E-state index in [1.165, 1.54) is 0 Å². The highest BCUT2D eigenvalue weighted by molar-refractivity contribution is 6.33. The predicted molar refractivity (Wildman–Crippen MR) is 42.3 cm³/mol. The first-order chi connectivity index (χ1) is 4.63. The van der Waals surface area contributed by atoms with Crippen LogP contribution in [0.4, 0.5) is 5.69 Å². The molecule has 0 fully saturated rings. The van der Waals surface area contributed by atoms with E-state index in [2.05, 4.69) is 0 Å². The highest BCUT2D eigenvalue weighted by atomic mass is 35.5. The summed E-state index contributed by atoms with van der Waals surface area (Å²) in [6.07, 6.45) is 0. The highest BCUT2D eigenvalue weighted by Crippen LogP contribution is 2.30. The number of phenols is 1. The van der Waals surface area contributed by atoms with Gasteiger partial charge in [-0.1, -0.05) is 17.7 Å². The minimum Gasteiger partial charge on any atom is -0.505 e. The summed E-state index contributed by atoms with van der Waals surface area (Å²) < 4.78 is 0. The van der Waals surface area contributed by atoms with E-state index < -0.39 is 0 Å². The Balaban J connectivity index is 3.34. The molecule has 0 bridgehead atoms. The van der Waals surface area contributed by atoms with Gasteiger partial charge in [-0.15, -0.1) is 0 Å². The Hall–Kier alpha value is -0.890. The van der Waals surface area contributed by atoms with Gasteiger partial charge in [-0.25, -0.2) is 0 Å². The van der Waals surface area contributed by atoms with E-state index in [-0.39, 0.29) is 11.4 Å². The monoisotopic (exact) mass is 157 g/mol. The summed E-state index contributed by atoms with van der Waals surface area (Å²) in [6, 6.07) is 3.37. The molecule has 0 aliphatic rings. The summed E-state index contributed by atoms with van der Waals surface area (Å²) in [5, 5.41) is 9.57. The fourth-order valence-corrected chi connectivity index (χ4v) is 0.845. The maximum atomic E-state index is 9.18. The van der Waals surface area contributed by atoms with Gasteiger partial charge in [-0.3, -0.25) is 0 Å². The van der Waals surface area contributed by atoms with Crippen LogP contribution in [0, 0.1) is 6.92 Å². The van der Waals surface area contributed by atoms with E-state index >= 15 is 0 Å². The van der Waals surface area contributed by atoms with Crippen LogP contribution in [0.1, 0.15) is 5.56 Å². The molecule has 0 aliphatic heterocycles. The lowest BCUT2D eigenvalue weighted by Crippen LogP contribution is -1.88. The Bertz CT molecular complexity index is 233. The Morgan fingerprint density at radius 1 is 1.50 bits per heavy atom. The molecular formula is C7H8ClNO. The number of hydrogen-bond acceptors (Lipinski definition) is 2. The molecule has 1 aromatic rings. The van der Waals surface area contributed by atoms with Gasteiger partial charge in [-0.05, 0) is 18.6 Å². The quantitative estimate of drug-likeness (QED) is 0.447. The molecular weight excluding hydrogens is 150 g/mol. The number of hydrogen-bond donors (Lipinski definition) is 2. The van der Waals surface area contributed by atoms with Gasteiger partial charge >= 0.3 is 0 Å². The smallest absolute Gasteiger partial charge is 0.142 e. The van der Waals surface area contributed by atoms with Crippen LogP contribution >= 0.6 is 11.6 Å². The average Bonchev–Trinajstić information content (AvgIpc) is 1.93. The number of benzene rings is 1. The Labute approximate surface area is 64.2 Å².